The monoisotopic (exact) mass is 720 g/mol. The van der Waals surface area contributed by atoms with Gasteiger partial charge in [-0.1, -0.05) is 152 Å². The van der Waals surface area contributed by atoms with Crippen LogP contribution in [0.2, 0.25) is 0 Å². The zero-order valence-electron chi connectivity index (χ0n) is 30.0. The summed E-state index contributed by atoms with van der Waals surface area (Å²) in [5, 5.41) is 9.67. The molecular formula is C51H35N3P+. The number of pyridine rings is 1. The van der Waals surface area contributed by atoms with Crippen molar-refractivity contribution in [2.45, 2.75) is 0 Å². The maximum atomic E-state index is 5.46. The molecule has 0 saturated heterocycles. The Labute approximate surface area is 321 Å². The maximum absolute atomic E-state index is 5.46. The van der Waals surface area contributed by atoms with Crippen LogP contribution in [0.4, 0.5) is 0 Å². The maximum Gasteiger partial charge on any atom is 0.161 e. The molecule has 0 fully saturated rings. The highest BCUT2D eigenvalue weighted by Crippen LogP contribution is 2.42. The molecule has 0 bridgehead atoms. The van der Waals surface area contributed by atoms with E-state index in [1.165, 1.54) is 21.3 Å². The fourth-order valence-corrected chi connectivity index (χ4v) is 10.4. The minimum atomic E-state index is -1.30. The summed E-state index contributed by atoms with van der Waals surface area (Å²) in [4.78, 5) is 16.1. The smallest absolute Gasteiger partial charge is 0.161 e. The molecule has 0 atom stereocenters. The van der Waals surface area contributed by atoms with E-state index >= 15 is 0 Å². The van der Waals surface area contributed by atoms with Gasteiger partial charge in [0.15, 0.2) is 5.82 Å². The first-order chi connectivity index (χ1) is 27.3. The highest BCUT2D eigenvalue weighted by Gasteiger charge is 2.26. The van der Waals surface area contributed by atoms with Gasteiger partial charge in [-0.2, -0.15) is 0 Å². The largest absolute Gasteiger partial charge is 0.247 e. The quantitative estimate of drug-likeness (QED) is 0.122. The molecule has 0 spiro atoms. The summed E-state index contributed by atoms with van der Waals surface area (Å²) in [7, 11) is -1.30. The van der Waals surface area contributed by atoms with Gasteiger partial charge in [0.25, 0.3) is 0 Å². The molecule has 0 saturated carbocycles. The van der Waals surface area contributed by atoms with Crippen molar-refractivity contribution in [2.75, 3.05) is 0 Å². The van der Waals surface area contributed by atoms with Crippen LogP contribution in [-0.4, -0.2) is 15.0 Å². The third-order valence-electron chi connectivity index (χ3n) is 10.4. The Bertz CT molecular complexity index is 2870. The molecule has 0 aliphatic heterocycles. The molecule has 3 nitrogen and oxygen atoms in total. The summed E-state index contributed by atoms with van der Waals surface area (Å²) in [5.41, 5.74) is 7.86. The molecule has 0 N–H and O–H groups in total. The van der Waals surface area contributed by atoms with Crippen LogP contribution in [-0.2, 0) is 0 Å². The molecular weight excluding hydrogens is 686 g/mol. The first-order valence-corrected chi connectivity index (χ1v) is 20.1. The summed E-state index contributed by atoms with van der Waals surface area (Å²) in [6, 6.07) is 73.3. The average Bonchev–Trinajstić information content (AvgIpc) is 3.27. The van der Waals surface area contributed by atoms with Gasteiger partial charge >= 0.3 is 0 Å². The second-order valence-electron chi connectivity index (χ2n) is 13.8. The van der Waals surface area contributed by atoms with Gasteiger partial charge in [-0.15, -0.1) is 0 Å². The van der Waals surface area contributed by atoms with Crippen LogP contribution in [0.15, 0.2) is 206 Å². The molecule has 10 rings (SSSR count). The van der Waals surface area contributed by atoms with Crippen molar-refractivity contribution in [1.82, 2.24) is 15.0 Å². The SMILES string of the molecule is c1ccc(-c2cc(-c3ccccc3)nc(-c3cc4c(-c5cccc([PH+](c6ccccc6)c6ccccc6)c5)nc5ccccc5c4c4ccccc34)n2)cc1. The Balaban J connectivity index is 1.25. The average molecular weight is 721 g/mol. The van der Waals surface area contributed by atoms with Crippen LogP contribution in [0.25, 0.3) is 77.6 Å². The van der Waals surface area contributed by atoms with Crippen molar-refractivity contribution in [3.05, 3.63) is 206 Å². The molecule has 0 unspecified atom stereocenters. The van der Waals surface area contributed by atoms with Gasteiger partial charge in [0.2, 0.25) is 0 Å². The van der Waals surface area contributed by atoms with Gasteiger partial charge < -0.3 is 0 Å². The van der Waals surface area contributed by atoms with Crippen LogP contribution >= 0.6 is 7.92 Å². The van der Waals surface area contributed by atoms with E-state index in [2.05, 4.69) is 194 Å². The molecule has 258 valence electrons. The van der Waals surface area contributed by atoms with Crippen molar-refractivity contribution < 1.29 is 0 Å². The lowest BCUT2D eigenvalue weighted by Crippen LogP contribution is -2.20. The summed E-state index contributed by atoms with van der Waals surface area (Å²) in [6.07, 6.45) is 0. The van der Waals surface area contributed by atoms with E-state index in [0.717, 1.165) is 66.4 Å². The van der Waals surface area contributed by atoms with E-state index in [0.29, 0.717) is 5.82 Å². The van der Waals surface area contributed by atoms with Crippen molar-refractivity contribution in [2.24, 2.45) is 0 Å². The Hall–Kier alpha value is -6.80. The highest BCUT2D eigenvalue weighted by molar-refractivity contribution is 7.79. The minimum absolute atomic E-state index is 0.685. The van der Waals surface area contributed by atoms with Crippen molar-refractivity contribution in [3.8, 4) is 45.2 Å². The number of aromatic nitrogens is 3. The molecule has 0 aliphatic carbocycles. The van der Waals surface area contributed by atoms with E-state index in [-0.39, 0.29) is 0 Å². The summed E-state index contributed by atoms with van der Waals surface area (Å²) >= 11 is 0. The van der Waals surface area contributed by atoms with Crippen molar-refractivity contribution >= 4 is 56.3 Å². The molecule has 2 heterocycles. The predicted molar refractivity (Wildman–Crippen MR) is 234 cm³/mol. The number of para-hydroxylation sites is 1. The summed E-state index contributed by atoms with van der Waals surface area (Å²) in [5.74, 6) is 0.685. The molecule has 0 radical (unpaired) electrons. The molecule has 4 heteroatoms. The lowest BCUT2D eigenvalue weighted by molar-refractivity contribution is 1.19. The Morgan fingerprint density at radius 2 is 0.818 bits per heavy atom. The Kier molecular flexibility index (Phi) is 8.48. The van der Waals surface area contributed by atoms with Gasteiger partial charge in [-0.05, 0) is 65.4 Å². The topological polar surface area (TPSA) is 38.7 Å². The highest BCUT2D eigenvalue weighted by atomic mass is 31.1. The number of hydrogen-bond donors (Lipinski definition) is 0. The van der Waals surface area contributed by atoms with Gasteiger partial charge in [0, 0.05) is 38.4 Å². The summed E-state index contributed by atoms with van der Waals surface area (Å²) in [6.45, 7) is 0. The van der Waals surface area contributed by atoms with Crippen LogP contribution in [0.3, 0.4) is 0 Å². The van der Waals surface area contributed by atoms with E-state index < -0.39 is 7.92 Å². The van der Waals surface area contributed by atoms with Crippen LogP contribution in [0, 0.1) is 0 Å². The summed E-state index contributed by atoms with van der Waals surface area (Å²) < 4.78 is 0. The van der Waals surface area contributed by atoms with Gasteiger partial charge in [0.05, 0.1) is 30.5 Å². The first-order valence-electron chi connectivity index (χ1n) is 18.6. The third kappa shape index (κ3) is 6.15. The molecule has 10 aromatic rings. The van der Waals surface area contributed by atoms with Crippen molar-refractivity contribution in [3.63, 3.8) is 0 Å². The molecule has 2 aromatic heterocycles. The molecule has 0 aliphatic rings. The Morgan fingerprint density at radius 1 is 0.327 bits per heavy atom. The second-order valence-corrected chi connectivity index (χ2v) is 16.2. The third-order valence-corrected chi connectivity index (χ3v) is 13.1. The van der Waals surface area contributed by atoms with Crippen LogP contribution in [0.1, 0.15) is 0 Å². The lowest BCUT2D eigenvalue weighted by atomic mass is 9.92. The zero-order chi connectivity index (χ0) is 36.6. The zero-order valence-corrected chi connectivity index (χ0v) is 31.0. The fraction of sp³-hybridized carbons (Fsp3) is 0. The van der Waals surface area contributed by atoms with Crippen molar-refractivity contribution in [1.29, 1.82) is 0 Å². The van der Waals surface area contributed by atoms with Gasteiger partial charge in [-0.3, -0.25) is 0 Å². The minimum Gasteiger partial charge on any atom is -0.247 e. The first kappa shape index (κ1) is 32.8. The number of benzene rings is 8. The molecule has 55 heavy (non-hydrogen) atoms. The Morgan fingerprint density at radius 3 is 1.44 bits per heavy atom. The van der Waals surface area contributed by atoms with Gasteiger partial charge in [-0.25, -0.2) is 15.0 Å². The van der Waals surface area contributed by atoms with E-state index in [1.807, 2.05) is 12.1 Å². The second kappa shape index (κ2) is 14.2. The number of hydrogen-bond acceptors (Lipinski definition) is 3. The van der Waals surface area contributed by atoms with Gasteiger partial charge in [0.1, 0.15) is 15.9 Å². The van der Waals surface area contributed by atoms with Crippen LogP contribution < -0.4 is 15.9 Å². The standard InChI is InChI=1S/C51H34N3P/c1-5-18-35(19-6-1)47-34-48(36-20-7-2-8-21-36)54-51(53-47)44-33-45-49(42-29-14-13-28-41(42)44)43-30-15-16-31-46(43)52-50(45)37-22-17-27-40(32-37)55(38-23-9-3-10-24-38)39-25-11-4-12-26-39/h1-34H/p+1. The lowest BCUT2D eigenvalue weighted by Gasteiger charge is -2.17. The number of nitrogens with zero attached hydrogens (tertiary/aromatic N) is 3. The molecule has 0 amide bonds. The number of rotatable bonds is 7. The molecule has 8 aromatic carbocycles. The normalized spacial score (nSPS) is 11.4. The van der Waals surface area contributed by atoms with E-state index in [1.54, 1.807) is 0 Å². The predicted octanol–water partition coefficient (Wildman–Crippen LogP) is 11.5. The fourth-order valence-electron chi connectivity index (χ4n) is 7.83. The van der Waals surface area contributed by atoms with E-state index in [9.17, 15) is 0 Å². The van der Waals surface area contributed by atoms with E-state index in [4.69, 9.17) is 15.0 Å². The number of fused-ring (bicyclic) bond motifs is 5. The van der Waals surface area contributed by atoms with Crippen LogP contribution in [0.5, 0.6) is 0 Å².